The van der Waals surface area contributed by atoms with E-state index in [1.807, 2.05) is 6.07 Å². The van der Waals surface area contributed by atoms with Crippen LogP contribution in [-0.2, 0) is 6.54 Å². The summed E-state index contributed by atoms with van der Waals surface area (Å²) in [6.45, 7) is 5.72. The Morgan fingerprint density at radius 2 is 2.29 bits per heavy atom. The number of pyridine rings is 1. The molecule has 1 heterocycles. The Kier molecular flexibility index (Phi) is 5.77. The molecule has 4 nitrogen and oxygen atoms in total. The van der Waals surface area contributed by atoms with Crippen LogP contribution in [0.4, 0.5) is 0 Å². The molecular formula is C12H19ClN4. The van der Waals surface area contributed by atoms with Crippen LogP contribution in [0, 0.1) is 5.92 Å². The van der Waals surface area contributed by atoms with Crippen molar-refractivity contribution in [2.24, 2.45) is 16.6 Å². The summed E-state index contributed by atoms with van der Waals surface area (Å²) in [4.78, 5) is 8.20. The van der Waals surface area contributed by atoms with E-state index in [2.05, 4.69) is 29.1 Å². The van der Waals surface area contributed by atoms with Crippen LogP contribution in [0.5, 0.6) is 0 Å². The van der Waals surface area contributed by atoms with E-state index < -0.39 is 0 Å². The maximum atomic E-state index is 5.73. The first kappa shape index (κ1) is 13.8. The van der Waals surface area contributed by atoms with Gasteiger partial charge < -0.3 is 11.1 Å². The van der Waals surface area contributed by atoms with E-state index in [1.54, 1.807) is 12.3 Å². The lowest BCUT2D eigenvalue weighted by molar-refractivity contribution is 0.576. The number of nitrogens with two attached hydrogens (primary N) is 1. The Morgan fingerprint density at radius 1 is 1.53 bits per heavy atom. The molecule has 0 saturated heterocycles. The lowest BCUT2D eigenvalue weighted by Crippen LogP contribution is -2.32. The normalized spacial score (nSPS) is 11.9. The van der Waals surface area contributed by atoms with Crippen molar-refractivity contribution in [2.75, 3.05) is 6.54 Å². The van der Waals surface area contributed by atoms with Gasteiger partial charge in [0.15, 0.2) is 5.96 Å². The van der Waals surface area contributed by atoms with Crippen LogP contribution in [0.2, 0.25) is 5.15 Å². The molecule has 3 N–H and O–H groups in total. The zero-order chi connectivity index (χ0) is 12.7. The van der Waals surface area contributed by atoms with E-state index in [-0.39, 0.29) is 0 Å². The summed E-state index contributed by atoms with van der Waals surface area (Å²) >= 11 is 5.69. The zero-order valence-corrected chi connectivity index (χ0v) is 11.0. The van der Waals surface area contributed by atoms with Crippen molar-refractivity contribution in [1.29, 1.82) is 0 Å². The van der Waals surface area contributed by atoms with Gasteiger partial charge in [-0.05, 0) is 24.0 Å². The molecule has 5 heteroatoms. The summed E-state index contributed by atoms with van der Waals surface area (Å²) in [5.41, 5.74) is 6.72. The smallest absolute Gasteiger partial charge is 0.188 e. The standard InChI is InChI=1S/C12H19ClN4/c1-9(2)5-6-15-12(14)17-8-10-3-4-11(13)16-7-10/h3-4,7,9H,5-6,8H2,1-2H3,(H3,14,15,17). The Morgan fingerprint density at radius 3 is 2.88 bits per heavy atom. The van der Waals surface area contributed by atoms with E-state index in [9.17, 15) is 0 Å². The molecule has 0 spiro atoms. The summed E-state index contributed by atoms with van der Waals surface area (Å²) in [7, 11) is 0. The van der Waals surface area contributed by atoms with E-state index in [4.69, 9.17) is 17.3 Å². The topological polar surface area (TPSA) is 63.3 Å². The second-order valence-electron chi connectivity index (χ2n) is 4.30. The molecule has 0 bridgehead atoms. The number of guanidine groups is 1. The average Bonchev–Trinajstić information content (AvgIpc) is 2.28. The quantitative estimate of drug-likeness (QED) is 0.481. The molecule has 0 amide bonds. The molecule has 0 aliphatic rings. The Hall–Kier alpha value is -1.29. The number of aromatic nitrogens is 1. The van der Waals surface area contributed by atoms with Gasteiger partial charge in [0.2, 0.25) is 0 Å². The first-order valence-electron chi connectivity index (χ1n) is 5.72. The van der Waals surface area contributed by atoms with E-state index >= 15 is 0 Å². The van der Waals surface area contributed by atoms with Crippen LogP contribution in [0.3, 0.4) is 0 Å². The van der Waals surface area contributed by atoms with Crippen molar-refractivity contribution in [1.82, 2.24) is 10.3 Å². The Balaban J connectivity index is 2.34. The second-order valence-corrected chi connectivity index (χ2v) is 4.69. The molecule has 94 valence electrons. The lowest BCUT2D eigenvalue weighted by Gasteiger charge is -2.07. The number of nitrogens with one attached hydrogen (secondary N) is 1. The minimum atomic E-state index is 0.473. The number of rotatable bonds is 5. The first-order chi connectivity index (χ1) is 8.08. The first-order valence-corrected chi connectivity index (χ1v) is 6.10. The minimum Gasteiger partial charge on any atom is -0.370 e. The third-order valence-electron chi connectivity index (χ3n) is 2.25. The molecule has 1 rings (SSSR count). The number of nitrogens with zero attached hydrogens (tertiary/aromatic N) is 2. The molecule has 17 heavy (non-hydrogen) atoms. The van der Waals surface area contributed by atoms with Crippen molar-refractivity contribution in [3.8, 4) is 0 Å². The van der Waals surface area contributed by atoms with Gasteiger partial charge in [-0.15, -0.1) is 0 Å². The molecule has 0 radical (unpaired) electrons. The minimum absolute atomic E-state index is 0.473. The molecule has 0 saturated carbocycles. The molecule has 0 unspecified atom stereocenters. The maximum absolute atomic E-state index is 5.73. The predicted molar refractivity (Wildman–Crippen MR) is 72.0 cm³/mol. The summed E-state index contributed by atoms with van der Waals surface area (Å²) in [5.74, 6) is 1.14. The number of aliphatic imine (C=N–C) groups is 1. The van der Waals surface area contributed by atoms with Gasteiger partial charge in [0, 0.05) is 12.7 Å². The Labute approximate surface area is 107 Å². The van der Waals surface area contributed by atoms with Gasteiger partial charge in [0.05, 0.1) is 6.54 Å². The van der Waals surface area contributed by atoms with E-state index in [0.29, 0.717) is 23.6 Å². The summed E-state index contributed by atoms with van der Waals surface area (Å²) in [6, 6.07) is 3.63. The maximum Gasteiger partial charge on any atom is 0.188 e. The molecule has 0 aliphatic heterocycles. The van der Waals surface area contributed by atoms with Gasteiger partial charge in [-0.2, -0.15) is 0 Å². The SMILES string of the molecule is CC(C)CCNC(N)=NCc1ccc(Cl)nc1. The van der Waals surface area contributed by atoms with Crippen molar-refractivity contribution in [2.45, 2.75) is 26.8 Å². The fourth-order valence-electron chi connectivity index (χ4n) is 1.22. The van der Waals surface area contributed by atoms with Crippen LogP contribution in [0.25, 0.3) is 0 Å². The average molecular weight is 255 g/mol. The van der Waals surface area contributed by atoms with Crippen molar-refractivity contribution in [3.63, 3.8) is 0 Å². The highest BCUT2D eigenvalue weighted by Crippen LogP contribution is 2.05. The van der Waals surface area contributed by atoms with Crippen LogP contribution in [0.15, 0.2) is 23.3 Å². The van der Waals surface area contributed by atoms with Crippen molar-refractivity contribution < 1.29 is 0 Å². The van der Waals surface area contributed by atoms with Gasteiger partial charge in [0.25, 0.3) is 0 Å². The third-order valence-corrected chi connectivity index (χ3v) is 2.47. The largest absolute Gasteiger partial charge is 0.370 e. The second kappa shape index (κ2) is 7.12. The number of halogens is 1. The summed E-state index contributed by atoms with van der Waals surface area (Å²) in [6.07, 6.45) is 2.78. The van der Waals surface area contributed by atoms with Gasteiger partial charge >= 0.3 is 0 Å². The van der Waals surface area contributed by atoms with Crippen LogP contribution >= 0.6 is 11.6 Å². The number of hydrogen-bond donors (Lipinski definition) is 2. The lowest BCUT2D eigenvalue weighted by atomic mass is 10.1. The van der Waals surface area contributed by atoms with Gasteiger partial charge in [-0.1, -0.05) is 31.5 Å². The fraction of sp³-hybridized carbons (Fsp3) is 0.500. The van der Waals surface area contributed by atoms with Gasteiger partial charge in [-0.3, -0.25) is 0 Å². The molecule has 0 fully saturated rings. The summed E-state index contributed by atoms with van der Waals surface area (Å²) < 4.78 is 0. The van der Waals surface area contributed by atoms with E-state index in [0.717, 1.165) is 18.5 Å². The molecule has 0 aromatic carbocycles. The summed E-state index contributed by atoms with van der Waals surface area (Å²) in [5, 5.41) is 3.56. The monoisotopic (exact) mass is 254 g/mol. The molecule has 1 aromatic heterocycles. The highest BCUT2D eigenvalue weighted by atomic mass is 35.5. The van der Waals surface area contributed by atoms with Gasteiger partial charge in [0.1, 0.15) is 5.15 Å². The van der Waals surface area contributed by atoms with Crippen molar-refractivity contribution in [3.05, 3.63) is 29.0 Å². The molecular weight excluding hydrogens is 236 g/mol. The highest BCUT2D eigenvalue weighted by molar-refractivity contribution is 6.29. The highest BCUT2D eigenvalue weighted by Gasteiger charge is 1.96. The zero-order valence-electron chi connectivity index (χ0n) is 10.3. The predicted octanol–water partition coefficient (Wildman–Crippen LogP) is 2.19. The third kappa shape index (κ3) is 6.12. The fourth-order valence-corrected chi connectivity index (χ4v) is 1.33. The number of hydrogen-bond acceptors (Lipinski definition) is 2. The van der Waals surface area contributed by atoms with E-state index in [1.165, 1.54) is 0 Å². The van der Waals surface area contributed by atoms with Crippen LogP contribution < -0.4 is 11.1 Å². The molecule has 0 atom stereocenters. The van der Waals surface area contributed by atoms with Crippen LogP contribution in [-0.4, -0.2) is 17.5 Å². The molecule has 1 aromatic rings. The van der Waals surface area contributed by atoms with Crippen LogP contribution in [0.1, 0.15) is 25.8 Å². The van der Waals surface area contributed by atoms with Crippen molar-refractivity contribution >= 4 is 17.6 Å². The van der Waals surface area contributed by atoms with Gasteiger partial charge in [-0.25, -0.2) is 9.98 Å². The molecule has 0 aliphatic carbocycles. The Bertz CT molecular complexity index is 359.